The first-order valence-corrected chi connectivity index (χ1v) is 7.42. The van der Waals surface area contributed by atoms with Gasteiger partial charge in [0.25, 0.3) is 0 Å². The van der Waals surface area contributed by atoms with Crippen LogP contribution in [0.4, 0.5) is 4.79 Å². The molecule has 7 nitrogen and oxygen atoms in total. The standard InChI is InChI=1S/C13H17N3O4S/c1-7-8-3-5-21-10(8)2-4-16(7)13(20)15-9(12(18)19)6-11(14)17/h3,5,7,9H,2,4,6H2,1H3,(H2,14,17)(H,15,20)(H,18,19)/t7?,9-/m1/s1. The molecule has 0 saturated carbocycles. The van der Waals surface area contributed by atoms with E-state index in [-0.39, 0.29) is 6.04 Å². The quantitative estimate of drug-likeness (QED) is 0.759. The molecule has 0 spiro atoms. The first-order valence-electron chi connectivity index (χ1n) is 6.54. The monoisotopic (exact) mass is 311 g/mol. The minimum Gasteiger partial charge on any atom is -0.480 e. The van der Waals surface area contributed by atoms with Gasteiger partial charge in [-0.2, -0.15) is 0 Å². The Morgan fingerprint density at radius 3 is 2.90 bits per heavy atom. The van der Waals surface area contributed by atoms with Gasteiger partial charge in [-0.3, -0.25) is 4.79 Å². The van der Waals surface area contributed by atoms with Crippen molar-refractivity contribution in [1.82, 2.24) is 10.2 Å². The number of carbonyl (C=O) groups is 3. The minimum atomic E-state index is -1.30. The number of primary amides is 1. The number of fused-ring (bicyclic) bond motifs is 1. The molecule has 0 aromatic carbocycles. The van der Waals surface area contributed by atoms with Gasteiger partial charge in [-0.05, 0) is 30.4 Å². The van der Waals surface area contributed by atoms with E-state index in [0.29, 0.717) is 6.54 Å². The van der Waals surface area contributed by atoms with Crippen LogP contribution in [0.25, 0.3) is 0 Å². The highest BCUT2D eigenvalue weighted by molar-refractivity contribution is 7.10. The fraction of sp³-hybridized carbons (Fsp3) is 0.462. The van der Waals surface area contributed by atoms with Crippen LogP contribution in [0.1, 0.15) is 29.8 Å². The highest BCUT2D eigenvalue weighted by Crippen LogP contribution is 2.32. The zero-order valence-electron chi connectivity index (χ0n) is 11.5. The number of carboxylic acid groups (broad SMARTS) is 1. The van der Waals surface area contributed by atoms with Crippen LogP contribution in [0.15, 0.2) is 11.4 Å². The van der Waals surface area contributed by atoms with Gasteiger partial charge >= 0.3 is 12.0 Å². The summed E-state index contributed by atoms with van der Waals surface area (Å²) < 4.78 is 0. The van der Waals surface area contributed by atoms with Gasteiger partial charge in [0.1, 0.15) is 6.04 Å². The van der Waals surface area contributed by atoms with Gasteiger partial charge in [0.15, 0.2) is 0 Å². The second-order valence-corrected chi connectivity index (χ2v) is 5.93. The SMILES string of the molecule is CC1c2ccsc2CCN1C(=O)N[C@H](CC(N)=O)C(=O)O. The van der Waals surface area contributed by atoms with E-state index >= 15 is 0 Å². The third-order valence-electron chi connectivity index (χ3n) is 3.54. The maximum Gasteiger partial charge on any atom is 0.326 e. The van der Waals surface area contributed by atoms with E-state index in [0.717, 1.165) is 12.0 Å². The van der Waals surface area contributed by atoms with Crippen molar-refractivity contribution in [3.8, 4) is 0 Å². The van der Waals surface area contributed by atoms with E-state index in [1.807, 2.05) is 18.4 Å². The number of nitrogens with one attached hydrogen (secondary N) is 1. The Balaban J connectivity index is 2.06. The highest BCUT2D eigenvalue weighted by atomic mass is 32.1. The van der Waals surface area contributed by atoms with E-state index in [2.05, 4.69) is 5.32 Å². The van der Waals surface area contributed by atoms with E-state index in [1.165, 1.54) is 4.88 Å². The molecule has 2 heterocycles. The normalized spacial score (nSPS) is 18.7. The van der Waals surface area contributed by atoms with Crippen LogP contribution in [0.2, 0.25) is 0 Å². The summed E-state index contributed by atoms with van der Waals surface area (Å²) in [6.07, 6.45) is 0.325. The Morgan fingerprint density at radius 1 is 1.57 bits per heavy atom. The molecule has 4 N–H and O–H groups in total. The van der Waals surface area contributed by atoms with E-state index < -0.39 is 30.4 Å². The van der Waals surface area contributed by atoms with Gasteiger partial charge in [0, 0.05) is 11.4 Å². The van der Waals surface area contributed by atoms with E-state index in [4.69, 9.17) is 10.8 Å². The number of thiophene rings is 1. The summed E-state index contributed by atoms with van der Waals surface area (Å²) in [5, 5.41) is 13.4. The molecule has 1 aromatic heterocycles. The Labute approximate surface area is 125 Å². The molecule has 2 atom stereocenters. The minimum absolute atomic E-state index is 0.122. The van der Waals surface area contributed by atoms with E-state index in [1.54, 1.807) is 16.2 Å². The highest BCUT2D eigenvalue weighted by Gasteiger charge is 2.31. The average molecular weight is 311 g/mol. The summed E-state index contributed by atoms with van der Waals surface area (Å²) >= 11 is 1.66. The van der Waals surface area contributed by atoms with Gasteiger partial charge in [-0.15, -0.1) is 11.3 Å². The Kier molecular flexibility index (Phi) is 4.46. The van der Waals surface area contributed by atoms with Crippen LogP contribution < -0.4 is 11.1 Å². The predicted molar refractivity (Wildman–Crippen MR) is 76.9 cm³/mol. The van der Waals surface area contributed by atoms with Crippen LogP contribution in [-0.4, -0.2) is 40.5 Å². The van der Waals surface area contributed by atoms with Crippen LogP contribution >= 0.6 is 11.3 Å². The Bertz CT molecular complexity index is 572. The number of hydrogen-bond acceptors (Lipinski definition) is 4. The number of nitrogens with two attached hydrogens (primary N) is 1. The predicted octanol–water partition coefficient (Wildman–Crippen LogP) is 0.705. The van der Waals surface area contributed by atoms with Gasteiger partial charge in [0.05, 0.1) is 12.5 Å². The second-order valence-electron chi connectivity index (χ2n) is 4.93. The second kappa shape index (κ2) is 6.13. The zero-order chi connectivity index (χ0) is 15.6. The summed E-state index contributed by atoms with van der Waals surface area (Å²) in [5.74, 6) is -2.04. The molecule has 0 radical (unpaired) electrons. The average Bonchev–Trinajstić information content (AvgIpc) is 2.86. The molecule has 1 aliphatic rings. The fourth-order valence-electron chi connectivity index (χ4n) is 2.42. The number of rotatable bonds is 4. The summed E-state index contributed by atoms with van der Waals surface area (Å²) in [6, 6.07) is 0.0597. The number of hydrogen-bond donors (Lipinski definition) is 3. The zero-order valence-corrected chi connectivity index (χ0v) is 12.4. The van der Waals surface area contributed by atoms with Crippen molar-refractivity contribution >= 4 is 29.2 Å². The fourth-order valence-corrected chi connectivity index (χ4v) is 3.38. The van der Waals surface area contributed by atoms with E-state index in [9.17, 15) is 14.4 Å². The lowest BCUT2D eigenvalue weighted by atomic mass is 10.0. The number of carboxylic acids is 1. The molecular weight excluding hydrogens is 294 g/mol. The van der Waals surface area contributed by atoms with Crippen LogP contribution in [0.5, 0.6) is 0 Å². The third kappa shape index (κ3) is 3.33. The third-order valence-corrected chi connectivity index (χ3v) is 4.54. The topological polar surface area (TPSA) is 113 Å². The molecule has 8 heteroatoms. The molecule has 21 heavy (non-hydrogen) atoms. The lowest BCUT2D eigenvalue weighted by Crippen LogP contribution is -2.51. The first-order chi connectivity index (χ1) is 9.90. The smallest absolute Gasteiger partial charge is 0.326 e. The molecule has 1 unspecified atom stereocenters. The van der Waals surface area contributed by atoms with Crippen molar-refractivity contribution in [3.05, 3.63) is 21.9 Å². The number of carbonyl (C=O) groups excluding carboxylic acids is 2. The number of urea groups is 1. The summed E-state index contributed by atoms with van der Waals surface area (Å²) in [7, 11) is 0. The summed E-state index contributed by atoms with van der Waals surface area (Å²) in [5.41, 5.74) is 6.08. The van der Waals surface area contributed by atoms with Crippen molar-refractivity contribution in [2.24, 2.45) is 5.73 Å². The molecule has 0 aliphatic carbocycles. The number of amides is 3. The largest absolute Gasteiger partial charge is 0.480 e. The van der Waals surface area contributed by atoms with Gasteiger partial charge in [-0.25, -0.2) is 9.59 Å². The number of aliphatic carboxylic acids is 1. The van der Waals surface area contributed by atoms with Gasteiger partial charge < -0.3 is 21.1 Å². The molecule has 3 amide bonds. The summed E-state index contributed by atoms with van der Waals surface area (Å²) in [6.45, 7) is 2.41. The van der Waals surface area contributed by atoms with Gasteiger partial charge in [0.2, 0.25) is 5.91 Å². The molecule has 0 saturated heterocycles. The van der Waals surface area contributed by atoms with Crippen molar-refractivity contribution in [3.63, 3.8) is 0 Å². The maximum atomic E-state index is 12.2. The lowest BCUT2D eigenvalue weighted by Gasteiger charge is -2.34. The summed E-state index contributed by atoms with van der Waals surface area (Å²) in [4.78, 5) is 37.0. The van der Waals surface area contributed by atoms with Crippen LogP contribution in [0, 0.1) is 0 Å². The Hall–Kier alpha value is -2.09. The van der Waals surface area contributed by atoms with Crippen molar-refractivity contribution in [2.45, 2.75) is 31.8 Å². The molecular formula is C13H17N3O4S. The maximum absolute atomic E-state index is 12.2. The van der Waals surface area contributed by atoms with Crippen molar-refractivity contribution in [1.29, 1.82) is 0 Å². The molecule has 0 fully saturated rings. The molecule has 0 bridgehead atoms. The van der Waals surface area contributed by atoms with Gasteiger partial charge in [-0.1, -0.05) is 0 Å². The van der Waals surface area contributed by atoms with Crippen molar-refractivity contribution in [2.75, 3.05) is 6.54 Å². The molecule has 114 valence electrons. The van der Waals surface area contributed by atoms with Crippen molar-refractivity contribution < 1.29 is 19.5 Å². The molecule has 2 rings (SSSR count). The van der Waals surface area contributed by atoms with Crippen LogP contribution in [-0.2, 0) is 16.0 Å². The van der Waals surface area contributed by atoms with Crippen LogP contribution in [0.3, 0.4) is 0 Å². The Morgan fingerprint density at radius 2 is 2.29 bits per heavy atom. The first kappa shape index (κ1) is 15.3. The lowest BCUT2D eigenvalue weighted by molar-refractivity contribution is -0.141. The number of nitrogens with zero attached hydrogens (tertiary/aromatic N) is 1. The molecule has 1 aliphatic heterocycles. The molecule has 1 aromatic rings.